The summed E-state index contributed by atoms with van der Waals surface area (Å²) < 4.78 is 11.3. The number of nitrogens with zero attached hydrogens (tertiary/aromatic N) is 1. The van der Waals surface area contributed by atoms with Crippen LogP contribution in [-0.2, 0) is 4.74 Å². The van der Waals surface area contributed by atoms with Crippen LogP contribution in [-0.4, -0.2) is 43.2 Å². The summed E-state index contributed by atoms with van der Waals surface area (Å²) in [6.45, 7) is 3.73. The van der Waals surface area contributed by atoms with Crippen molar-refractivity contribution in [2.24, 2.45) is 5.92 Å². The number of carbonyl (C=O) groups excluding carboxylic acids is 1. The fourth-order valence-electron chi connectivity index (χ4n) is 3.66. The maximum Gasteiger partial charge on any atom is 0.253 e. The maximum atomic E-state index is 12.7. The molecule has 1 aromatic carbocycles. The van der Waals surface area contributed by atoms with Crippen molar-refractivity contribution >= 4 is 5.91 Å². The number of ether oxygens (including phenoxy) is 2. The first-order valence-electron chi connectivity index (χ1n) is 9.25. The quantitative estimate of drug-likeness (QED) is 0.821. The van der Waals surface area contributed by atoms with Crippen molar-refractivity contribution in [3.8, 4) is 5.75 Å². The minimum atomic E-state index is 0.111. The first-order valence-corrected chi connectivity index (χ1v) is 9.25. The Balaban J connectivity index is 1.53. The SMILES string of the molecule is CC1CCC(N(C)C(=O)c2ccc(OCC3CCCO3)cc2)CC1. The Labute approximate surface area is 145 Å². The number of amides is 1. The molecule has 4 nitrogen and oxygen atoms in total. The van der Waals surface area contributed by atoms with E-state index in [4.69, 9.17) is 9.47 Å². The van der Waals surface area contributed by atoms with E-state index >= 15 is 0 Å². The molecule has 1 saturated carbocycles. The third-order valence-corrected chi connectivity index (χ3v) is 5.41. The summed E-state index contributed by atoms with van der Waals surface area (Å²) in [5.74, 6) is 1.71. The van der Waals surface area contributed by atoms with Crippen LogP contribution in [0.25, 0.3) is 0 Å². The summed E-state index contributed by atoms with van der Waals surface area (Å²) in [6.07, 6.45) is 7.08. The van der Waals surface area contributed by atoms with Crippen molar-refractivity contribution in [1.29, 1.82) is 0 Å². The van der Waals surface area contributed by atoms with Gasteiger partial charge < -0.3 is 14.4 Å². The van der Waals surface area contributed by atoms with Crippen molar-refractivity contribution in [3.63, 3.8) is 0 Å². The van der Waals surface area contributed by atoms with Crippen molar-refractivity contribution in [2.75, 3.05) is 20.3 Å². The number of carbonyl (C=O) groups is 1. The highest BCUT2D eigenvalue weighted by Gasteiger charge is 2.25. The number of hydrogen-bond donors (Lipinski definition) is 0. The molecule has 1 aromatic rings. The molecule has 0 bridgehead atoms. The van der Waals surface area contributed by atoms with Crippen LogP contribution in [0.5, 0.6) is 5.75 Å². The van der Waals surface area contributed by atoms with Gasteiger partial charge in [-0.1, -0.05) is 6.92 Å². The second-order valence-corrected chi connectivity index (χ2v) is 7.30. The normalized spacial score (nSPS) is 27.0. The molecule has 1 heterocycles. The Kier molecular flexibility index (Phi) is 5.77. The van der Waals surface area contributed by atoms with Crippen LogP contribution in [0.4, 0.5) is 0 Å². The Bertz CT molecular complexity index is 528. The van der Waals surface area contributed by atoms with E-state index in [1.807, 2.05) is 36.2 Å². The molecule has 132 valence electrons. The topological polar surface area (TPSA) is 38.8 Å². The van der Waals surface area contributed by atoms with Crippen LogP contribution in [0.1, 0.15) is 55.8 Å². The average molecular weight is 331 g/mol. The summed E-state index contributed by atoms with van der Waals surface area (Å²) in [4.78, 5) is 14.6. The summed E-state index contributed by atoms with van der Waals surface area (Å²) in [5.41, 5.74) is 0.737. The molecule has 0 aromatic heterocycles. The van der Waals surface area contributed by atoms with E-state index < -0.39 is 0 Å². The molecule has 3 rings (SSSR count). The molecule has 24 heavy (non-hydrogen) atoms. The van der Waals surface area contributed by atoms with Crippen molar-refractivity contribution in [3.05, 3.63) is 29.8 Å². The minimum absolute atomic E-state index is 0.111. The zero-order valence-electron chi connectivity index (χ0n) is 14.9. The number of hydrogen-bond acceptors (Lipinski definition) is 3. The standard InChI is InChI=1S/C20H29NO3/c1-15-5-9-17(10-6-15)21(2)20(22)16-7-11-18(12-8-16)24-14-19-4-3-13-23-19/h7-8,11-12,15,17,19H,3-6,9-10,13-14H2,1-2H3. The van der Waals surface area contributed by atoms with Crippen LogP contribution in [0, 0.1) is 5.92 Å². The molecule has 1 atom stereocenters. The van der Waals surface area contributed by atoms with Gasteiger partial charge in [-0.3, -0.25) is 4.79 Å². The van der Waals surface area contributed by atoms with Gasteiger partial charge in [0, 0.05) is 25.3 Å². The molecule has 1 amide bonds. The minimum Gasteiger partial charge on any atom is -0.491 e. The molecule has 1 unspecified atom stereocenters. The third-order valence-electron chi connectivity index (χ3n) is 5.41. The fraction of sp³-hybridized carbons (Fsp3) is 0.650. The highest BCUT2D eigenvalue weighted by atomic mass is 16.5. The molecular formula is C20H29NO3. The van der Waals surface area contributed by atoms with E-state index in [0.29, 0.717) is 12.6 Å². The smallest absolute Gasteiger partial charge is 0.253 e. The Morgan fingerprint density at radius 1 is 1.17 bits per heavy atom. The molecule has 2 fully saturated rings. The Morgan fingerprint density at radius 3 is 2.50 bits per heavy atom. The van der Waals surface area contributed by atoms with E-state index in [-0.39, 0.29) is 12.0 Å². The molecule has 1 aliphatic carbocycles. The lowest BCUT2D eigenvalue weighted by atomic mass is 9.86. The number of rotatable bonds is 5. The zero-order chi connectivity index (χ0) is 16.9. The highest BCUT2D eigenvalue weighted by Crippen LogP contribution is 2.27. The van der Waals surface area contributed by atoms with Gasteiger partial charge in [-0.25, -0.2) is 0 Å². The molecule has 1 aliphatic heterocycles. The lowest BCUT2D eigenvalue weighted by Crippen LogP contribution is -2.39. The van der Waals surface area contributed by atoms with Crippen LogP contribution in [0.3, 0.4) is 0 Å². The second-order valence-electron chi connectivity index (χ2n) is 7.30. The van der Waals surface area contributed by atoms with Crippen LogP contribution in [0.2, 0.25) is 0 Å². The molecular weight excluding hydrogens is 302 g/mol. The second kappa shape index (κ2) is 8.02. The fourth-order valence-corrected chi connectivity index (χ4v) is 3.66. The molecule has 0 radical (unpaired) electrons. The van der Waals surface area contributed by atoms with E-state index in [0.717, 1.165) is 49.5 Å². The Morgan fingerprint density at radius 2 is 1.88 bits per heavy atom. The molecule has 0 N–H and O–H groups in total. The van der Waals surface area contributed by atoms with Crippen molar-refractivity contribution in [2.45, 2.75) is 57.6 Å². The summed E-state index contributed by atoms with van der Waals surface area (Å²) in [5, 5.41) is 0. The van der Waals surface area contributed by atoms with Gasteiger partial charge in [-0.15, -0.1) is 0 Å². The van der Waals surface area contributed by atoms with Gasteiger partial charge in [0.2, 0.25) is 0 Å². The lowest BCUT2D eigenvalue weighted by Gasteiger charge is -2.33. The number of benzene rings is 1. The first-order chi connectivity index (χ1) is 11.6. The lowest BCUT2D eigenvalue weighted by molar-refractivity contribution is 0.0670. The van der Waals surface area contributed by atoms with Gasteiger partial charge in [0.15, 0.2) is 0 Å². The molecule has 0 spiro atoms. The van der Waals surface area contributed by atoms with Crippen LogP contribution >= 0.6 is 0 Å². The predicted octanol–water partition coefficient (Wildman–Crippen LogP) is 3.90. The highest BCUT2D eigenvalue weighted by molar-refractivity contribution is 5.94. The van der Waals surface area contributed by atoms with Gasteiger partial charge in [0.05, 0.1) is 6.10 Å². The summed E-state index contributed by atoms with van der Waals surface area (Å²) in [7, 11) is 1.94. The van der Waals surface area contributed by atoms with Gasteiger partial charge in [-0.2, -0.15) is 0 Å². The molecule has 1 saturated heterocycles. The van der Waals surface area contributed by atoms with E-state index in [9.17, 15) is 4.79 Å². The van der Waals surface area contributed by atoms with Gasteiger partial charge in [0.1, 0.15) is 12.4 Å². The first kappa shape index (κ1) is 17.3. The van der Waals surface area contributed by atoms with E-state index in [2.05, 4.69) is 6.92 Å². The van der Waals surface area contributed by atoms with Gasteiger partial charge >= 0.3 is 0 Å². The summed E-state index contributed by atoms with van der Waals surface area (Å²) in [6, 6.07) is 7.89. The zero-order valence-corrected chi connectivity index (χ0v) is 14.9. The van der Waals surface area contributed by atoms with Crippen molar-refractivity contribution in [1.82, 2.24) is 4.90 Å². The van der Waals surface area contributed by atoms with E-state index in [1.54, 1.807) is 0 Å². The van der Waals surface area contributed by atoms with Crippen molar-refractivity contribution < 1.29 is 14.3 Å². The maximum absolute atomic E-state index is 12.7. The van der Waals surface area contributed by atoms with Gasteiger partial charge in [-0.05, 0) is 68.7 Å². The third kappa shape index (κ3) is 4.29. The van der Waals surface area contributed by atoms with Gasteiger partial charge in [0.25, 0.3) is 5.91 Å². The van der Waals surface area contributed by atoms with E-state index in [1.165, 1.54) is 12.8 Å². The van der Waals surface area contributed by atoms with Crippen LogP contribution in [0.15, 0.2) is 24.3 Å². The molecule has 4 heteroatoms. The average Bonchev–Trinajstić information content (AvgIpc) is 3.13. The summed E-state index contributed by atoms with van der Waals surface area (Å²) >= 11 is 0. The largest absolute Gasteiger partial charge is 0.491 e. The van der Waals surface area contributed by atoms with Crippen LogP contribution < -0.4 is 4.74 Å². The predicted molar refractivity (Wildman–Crippen MR) is 94.4 cm³/mol. The molecule has 2 aliphatic rings. The monoisotopic (exact) mass is 331 g/mol. The Hall–Kier alpha value is -1.55.